The van der Waals surface area contributed by atoms with E-state index < -0.39 is 0 Å². The maximum absolute atomic E-state index is 3.80. The van der Waals surface area contributed by atoms with Gasteiger partial charge in [-0.2, -0.15) is 0 Å². The van der Waals surface area contributed by atoms with E-state index in [1.54, 1.807) is 0 Å². The molecule has 0 spiro atoms. The lowest BCUT2D eigenvalue weighted by molar-refractivity contribution is 0.419. The highest BCUT2D eigenvalue weighted by Crippen LogP contribution is 2.21. The van der Waals surface area contributed by atoms with Crippen LogP contribution in [-0.2, 0) is 6.54 Å². The number of aryl methyl sites for hydroxylation is 2. The zero-order valence-electron chi connectivity index (χ0n) is 13.9. The van der Waals surface area contributed by atoms with Crippen LogP contribution in [0.3, 0.4) is 0 Å². The smallest absolute Gasteiger partial charge is 0.0302 e. The van der Waals surface area contributed by atoms with Crippen LogP contribution in [0.1, 0.15) is 80.5 Å². The van der Waals surface area contributed by atoms with Crippen LogP contribution in [0.2, 0.25) is 0 Å². The van der Waals surface area contributed by atoms with Crippen LogP contribution in [0.15, 0.2) is 6.07 Å². The molecule has 1 heterocycles. The first-order valence-electron chi connectivity index (χ1n) is 8.46. The van der Waals surface area contributed by atoms with Crippen LogP contribution in [-0.4, -0.2) is 6.04 Å². The third-order valence-electron chi connectivity index (χ3n) is 4.09. The summed E-state index contributed by atoms with van der Waals surface area (Å²) in [5.74, 6) is 0. The highest BCUT2D eigenvalue weighted by molar-refractivity contribution is 7.12. The zero-order chi connectivity index (χ0) is 14.8. The van der Waals surface area contributed by atoms with Crippen LogP contribution >= 0.6 is 11.3 Å². The second kappa shape index (κ2) is 10.4. The maximum Gasteiger partial charge on any atom is 0.0302 e. The third-order valence-corrected chi connectivity index (χ3v) is 5.25. The van der Waals surface area contributed by atoms with E-state index in [4.69, 9.17) is 0 Å². The fraction of sp³-hybridized carbons (Fsp3) is 0.778. The van der Waals surface area contributed by atoms with E-state index in [2.05, 4.69) is 39.1 Å². The molecule has 1 aromatic rings. The third kappa shape index (κ3) is 6.90. The SMILES string of the molecule is CCCCCC(CCCCC)NCc1cc(C)c(C)s1. The monoisotopic (exact) mass is 295 g/mol. The van der Waals surface area contributed by atoms with Crippen LogP contribution in [0, 0.1) is 13.8 Å². The Kier molecular flexibility index (Phi) is 9.21. The van der Waals surface area contributed by atoms with Crippen molar-refractivity contribution in [2.75, 3.05) is 0 Å². The molecular weight excluding hydrogens is 262 g/mol. The maximum atomic E-state index is 3.80. The minimum absolute atomic E-state index is 0.718. The Morgan fingerprint density at radius 2 is 1.60 bits per heavy atom. The minimum Gasteiger partial charge on any atom is -0.309 e. The standard InChI is InChI=1S/C18H33NS/c1-5-7-9-11-17(12-10-8-6-2)19-14-18-13-15(3)16(4)20-18/h13,17,19H,5-12,14H2,1-4H3. The Morgan fingerprint density at radius 1 is 1.00 bits per heavy atom. The van der Waals surface area contributed by atoms with Gasteiger partial charge in [-0.3, -0.25) is 0 Å². The summed E-state index contributed by atoms with van der Waals surface area (Å²) in [5.41, 5.74) is 1.44. The molecule has 0 unspecified atom stereocenters. The molecule has 1 nitrogen and oxygen atoms in total. The van der Waals surface area contributed by atoms with Crippen molar-refractivity contribution in [1.82, 2.24) is 5.32 Å². The molecule has 0 aliphatic rings. The summed E-state index contributed by atoms with van der Waals surface area (Å²) in [6.45, 7) is 10.1. The van der Waals surface area contributed by atoms with Gasteiger partial charge in [0.1, 0.15) is 0 Å². The second-order valence-corrected chi connectivity index (χ2v) is 7.36. The first-order chi connectivity index (χ1) is 9.67. The lowest BCUT2D eigenvalue weighted by atomic mass is 10.0. The van der Waals surface area contributed by atoms with Crippen molar-refractivity contribution < 1.29 is 0 Å². The Labute approximate surface area is 130 Å². The van der Waals surface area contributed by atoms with E-state index in [-0.39, 0.29) is 0 Å². The second-order valence-electron chi connectivity index (χ2n) is 6.02. The molecule has 0 amide bonds. The lowest BCUT2D eigenvalue weighted by Crippen LogP contribution is -2.28. The van der Waals surface area contributed by atoms with Crippen molar-refractivity contribution in [1.29, 1.82) is 0 Å². The molecule has 0 radical (unpaired) electrons. The molecule has 116 valence electrons. The number of nitrogens with one attached hydrogen (secondary N) is 1. The van der Waals surface area contributed by atoms with E-state index in [0.717, 1.165) is 12.6 Å². The average molecular weight is 296 g/mol. The van der Waals surface area contributed by atoms with E-state index >= 15 is 0 Å². The number of rotatable bonds is 11. The molecule has 1 aromatic heterocycles. The fourth-order valence-electron chi connectivity index (χ4n) is 2.61. The van der Waals surface area contributed by atoms with E-state index in [9.17, 15) is 0 Å². The Morgan fingerprint density at radius 3 is 2.05 bits per heavy atom. The van der Waals surface area contributed by atoms with Crippen molar-refractivity contribution in [3.8, 4) is 0 Å². The number of hydrogen-bond donors (Lipinski definition) is 1. The van der Waals surface area contributed by atoms with Crippen molar-refractivity contribution in [2.24, 2.45) is 0 Å². The van der Waals surface area contributed by atoms with Crippen molar-refractivity contribution >= 4 is 11.3 Å². The summed E-state index contributed by atoms with van der Waals surface area (Å²) >= 11 is 1.95. The summed E-state index contributed by atoms with van der Waals surface area (Å²) in [5, 5.41) is 3.80. The molecule has 1 rings (SSSR count). The molecule has 0 atom stereocenters. The summed E-state index contributed by atoms with van der Waals surface area (Å²) in [6, 6.07) is 3.07. The molecule has 20 heavy (non-hydrogen) atoms. The average Bonchev–Trinajstić information content (AvgIpc) is 2.75. The van der Waals surface area contributed by atoms with Gasteiger partial charge in [-0.25, -0.2) is 0 Å². The zero-order valence-corrected chi connectivity index (χ0v) is 14.7. The van der Waals surface area contributed by atoms with Gasteiger partial charge in [0.25, 0.3) is 0 Å². The summed E-state index contributed by atoms with van der Waals surface area (Å²) in [7, 11) is 0. The van der Waals surface area contributed by atoms with Crippen LogP contribution < -0.4 is 5.32 Å². The highest BCUT2D eigenvalue weighted by Gasteiger charge is 2.09. The van der Waals surface area contributed by atoms with Gasteiger partial charge in [-0.1, -0.05) is 52.4 Å². The van der Waals surface area contributed by atoms with Crippen molar-refractivity contribution in [2.45, 2.75) is 91.6 Å². The van der Waals surface area contributed by atoms with E-state index in [1.165, 1.54) is 66.7 Å². The van der Waals surface area contributed by atoms with Crippen LogP contribution in [0.4, 0.5) is 0 Å². The normalized spacial score (nSPS) is 11.4. The number of hydrogen-bond acceptors (Lipinski definition) is 2. The minimum atomic E-state index is 0.718. The molecule has 0 aromatic carbocycles. The molecule has 0 bridgehead atoms. The van der Waals surface area contributed by atoms with E-state index in [0.29, 0.717) is 0 Å². The molecule has 0 aliphatic heterocycles. The summed E-state index contributed by atoms with van der Waals surface area (Å²) in [4.78, 5) is 2.96. The highest BCUT2D eigenvalue weighted by atomic mass is 32.1. The van der Waals surface area contributed by atoms with Gasteiger partial charge in [0.2, 0.25) is 0 Å². The lowest BCUT2D eigenvalue weighted by Gasteiger charge is -2.18. The van der Waals surface area contributed by atoms with E-state index in [1.807, 2.05) is 11.3 Å². The Hall–Kier alpha value is -0.340. The molecule has 0 fully saturated rings. The predicted molar refractivity (Wildman–Crippen MR) is 92.7 cm³/mol. The van der Waals surface area contributed by atoms with Crippen LogP contribution in [0.5, 0.6) is 0 Å². The fourth-order valence-corrected chi connectivity index (χ4v) is 3.62. The quantitative estimate of drug-likeness (QED) is 0.495. The number of thiophene rings is 1. The van der Waals surface area contributed by atoms with Gasteiger partial charge in [-0.05, 0) is 38.3 Å². The molecular formula is C18H33NS. The predicted octanol–water partition coefficient (Wildman–Crippen LogP) is 5.98. The molecule has 0 saturated heterocycles. The molecule has 1 N–H and O–H groups in total. The van der Waals surface area contributed by atoms with Crippen molar-refractivity contribution in [3.05, 3.63) is 21.4 Å². The Bertz CT molecular complexity index is 327. The summed E-state index contributed by atoms with van der Waals surface area (Å²) in [6.07, 6.45) is 10.9. The van der Waals surface area contributed by atoms with Gasteiger partial charge < -0.3 is 5.32 Å². The van der Waals surface area contributed by atoms with Gasteiger partial charge in [0.15, 0.2) is 0 Å². The first kappa shape index (κ1) is 17.7. The van der Waals surface area contributed by atoms with Crippen LogP contribution in [0.25, 0.3) is 0 Å². The van der Waals surface area contributed by atoms with Crippen molar-refractivity contribution in [3.63, 3.8) is 0 Å². The van der Waals surface area contributed by atoms with Gasteiger partial charge in [-0.15, -0.1) is 11.3 Å². The molecule has 0 aliphatic carbocycles. The largest absolute Gasteiger partial charge is 0.309 e. The summed E-state index contributed by atoms with van der Waals surface area (Å²) < 4.78 is 0. The Balaban J connectivity index is 2.37. The van der Waals surface area contributed by atoms with Gasteiger partial charge in [0, 0.05) is 22.3 Å². The topological polar surface area (TPSA) is 12.0 Å². The molecule has 2 heteroatoms. The van der Waals surface area contributed by atoms with Gasteiger partial charge in [0.05, 0.1) is 0 Å². The number of unbranched alkanes of at least 4 members (excludes halogenated alkanes) is 4. The van der Waals surface area contributed by atoms with Gasteiger partial charge >= 0.3 is 0 Å². The molecule has 0 saturated carbocycles. The first-order valence-corrected chi connectivity index (χ1v) is 9.28.